The van der Waals surface area contributed by atoms with E-state index in [1.165, 1.54) is 6.26 Å². The van der Waals surface area contributed by atoms with E-state index in [-0.39, 0.29) is 6.61 Å². The van der Waals surface area contributed by atoms with Crippen LogP contribution in [0.5, 0.6) is 0 Å². The van der Waals surface area contributed by atoms with Gasteiger partial charge in [-0.1, -0.05) is 13.2 Å². The van der Waals surface area contributed by atoms with Gasteiger partial charge in [-0.25, -0.2) is 4.79 Å². The lowest BCUT2D eigenvalue weighted by Crippen LogP contribution is -2.15. The van der Waals surface area contributed by atoms with Gasteiger partial charge in [0.25, 0.3) is 0 Å². The third-order valence-corrected chi connectivity index (χ3v) is 4.45. The summed E-state index contributed by atoms with van der Waals surface area (Å²) >= 11 is 0. The van der Waals surface area contributed by atoms with Crippen LogP contribution in [-0.2, 0) is 61.6 Å². The van der Waals surface area contributed by atoms with Crippen LogP contribution < -0.4 is 0 Å². The van der Waals surface area contributed by atoms with Crippen LogP contribution in [0.3, 0.4) is 0 Å². The van der Waals surface area contributed by atoms with Crippen LogP contribution in [0.25, 0.3) is 0 Å². The summed E-state index contributed by atoms with van der Waals surface area (Å²) in [6, 6.07) is 0. The molecule has 236 valence electrons. The predicted molar refractivity (Wildman–Crippen MR) is 145 cm³/mol. The van der Waals surface area contributed by atoms with E-state index in [1.54, 1.807) is 0 Å². The Hall–Kier alpha value is -1.65. The molecule has 0 bridgehead atoms. The Morgan fingerprint density at radius 3 is 0.825 bits per heavy atom. The van der Waals surface area contributed by atoms with Gasteiger partial charge in [-0.05, 0) is 0 Å². The fraction of sp³-hybridized carbons (Fsp3) is 0.815. The summed E-state index contributed by atoms with van der Waals surface area (Å²) in [6.07, 6.45) is 2.50. The van der Waals surface area contributed by atoms with Crippen molar-refractivity contribution < 1.29 is 61.6 Å². The average molecular weight is 583 g/mol. The van der Waals surface area contributed by atoms with E-state index >= 15 is 0 Å². The summed E-state index contributed by atoms with van der Waals surface area (Å²) in [7, 11) is 0. The van der Waals surface area contributed by atoms with Crippen molar-refractivity contribution in [2.24, 2.45) is 0 Å². The van der Waals surface area contributed by atoms with Crippen LogP contribution in [0.4, 0.5) is 0 Å². The van der Waals surface area contributed by atoms with Crippen LogP contribution in [-0.4, -0.2) is 151 Å². The Bertz CT molecular complexity index is 537. The highest BCUT2D eigenvalue weighted by atomic mass is 16.6. The maximum absolute atomic E-state index is 10.8. The van der Waals surface area contributed by atoms with Gasteiger partial charge in [-0.2, -0.15) is 0 Å². The molecule has 0 radical (unpaired) electrons. The highest BCUT2D eigenvalue weighted by Crippen LogP contribution is 1.87. The molecule has 0 unspecified atom stereocenters. The first-order valence-electron chi connectivity index (χ1n) is 13.6. The Labute approximate surface area is 238 Å². The van der Waals surface area contributed by atoms with Crippen molar-refractivity contribution >= 4 is 5.97 Å². The molecular formula is C27H50O13. The lowest BCUT2D eigenvalue weighted by molar-refractivity contribution is -0.139. The average Bonchev–Trinajstić information content (AvgIpc) is 2.97. The summed E-state index contributed by atoms with van der Waals surface area (Å²) in [4.78, 5) is 10.8. The largest absolute Gasteiger partial charge is 0.499 e. The van der Waals surface area contributed by atoms with Crippen molar-refractivity contribution in [2.45, 2.75) is 0 Å². The second kappa shape index (κ2) is 35.4. The van der Waals surface area contributed by atoms with Gasteiger partial charge in [-0.15, -0.1) is 0 Å². The minimum Gasteiger partial charge on any atom is -0.499 e. The van der Waals surface area contributed by atoms with Crippen LogP contribution in [0.2, 0.25) is 0 Å². The molecule has 0 atom stereocenters. The fourth-order valence-corrected chi connectivity index (χ4v) is 2.53. The first-order valence-corrected chi connectivity index (χ1v) is 13.6. The van der Waals surface area contributed by atoms with Crippen molar-refractivity contribution in [1.82, 2.24) is 0 Å². The molecule has 0 fully saturated rings. The molecule has 0 aliphatic carbocycles. The smallest absolute Gasteiger partial charge is 0.330 e. The topological polar surface area (TPSA) is 128 Å². The highest BCUT2D eigenvalue weighted by molar-refractivity contribution is 5.81. The van der Waals surface area contributed by atoms with Crippen LogP contribution in [0.15, 0.2) is 25.5 Å². The van der Waals surface area contributed by atoms with E-state index in [4.69, 9.17) is 56.8 Å². The summed E-state index contributed by atoms with van der Waals surface area (Å²) in [5.74, 6) is -0.459. The van der Waals surface area contributed by atoms with E-state index in [2.05, 4.69) is 13.2 Å². The quantitative estimate of drug-likeness (QED) is 0.0457. The molecule has 0 aromatic rings. The van der Waals surface area contributed by atoms with E-state index in [9.17, 15) is 4.79 Å². The number of esters is 1. The molecule has 0 saturated heterocycles. The highest BCUT2D eigenvalue weighted by Gasteiger charge is 1.97. The fourth-order valence-electron chi connectivity index (χ4n) is 2.53. The number of rotatable bonds is 35. The molecule has 0 heterocycles. The van der Waals surface area contributed by atoms with Gasteiger partial charge in [0.15, 0.2) is 0 Å². The van der Waals surface area contributed by atoms with Crippen LogP contribution in [0, 0.1) is 0 Å². The Morgan fingerprint density at radius 2 is 0.600 bits per heavy atom. The SMILES string of the molecule is C=COCCOCCOCCOCCOCCOCCOCCOCCOCCOCCOCCOC(=O)C=C. The molecule has 40 heavy (non-hydrogen) atoms. The zero-order valence-corrected chi connectivity index (χ0v) is 23.9. The van der Waals surface area contributed by atoms with Gasteiger partial charge in [0, 0.05) is 6.08 Å². The van der Waals surface area contributed by atoms with E-state index < -0.39 is 5.97 Å². The van der Waals surface area contributed by atoms with Crippen molar-refractivity contribution in [1.29, 1.82) is 0 Å². The third-order valence-electron chi connectivity index (χ3n) is 4.45. The molecular weight excluding hydrogens is 532 g/mol. The third kappa shape index (κ3) is 34.4. The number of hydrogen-bond acceptors (Lipinski definition) is 13. The zero-order chi connectivity index (χ0) is 29.0. The first-order chi connectivity index (χ1) is 19.8. The van der Waals surface area contributed by atoms with Crippen molar-refractivity contribution in [3.63, 3.8) is 0 Å². The molecule has 0 rings (SSSR count). The van der Waals surface area contributed by atoms with Crippen molar-refractivity contribution in [3.05, 3.63) is 25.5 Å². The van der Waals surface area contributed by atoms with Gasteiger partial charge in [0.2, 0.25) is 0 Å². The monoisotopic (exact) mass is 582 g/mol. The molecule has 0 aliphatic heterocycles. The van der Waals surface area contributed by atoms with Crippen LogP contribution in [0.1, 0.15) is 0 Å². The Balaban J connectivity index is 3.04. The molecule has 13 nitrogen and oxygen atoms in total. The lowest BCUT2D eigenvalue weighted by Gasteiger charge is -2.09. The number of carbonyl (C=O) groups excluding carboxylic acids is 1. The minimum absolute atomic E-state index is 0.199. The standard InChI is InChI=1S/C27H50O13/c1-3-27(28)40-26-25-39-24-23-38-22-21-37-20-19-36-18-17-35-16-15-34-14-13-33-12-11-32-10-9-31-8-7-30-6-5-29-4-2/h3-4H,1-2,5-26H2. The maximum atomic E-state index is 10.8. The van der Waals surface area contributed by atoms with Gasteiger partial charge in [-0.3, -0.25) is 0 Å². The molecule has 0 saturated carbocycles. The zero-order valence-electron chi connectivity index (χ0n) is 23.9. The summed E-state index contributed by atoms with van der Waals surface area (Å²) in [6.45, 7) is 17.2. The maximum Gasteiger partial charge on any atom is 0.330 e. The van der Waals surface area contributed by atoms with Crippen molar-refractivity contribution in [3.8, 4) is 0 Å². The van der Waals surface area contributed by atoms with Crippen LogP contribution >= 0.6 is 0 Å². The predicted octanol–water partition coefficient (Wildman–Crippen LogP) is 1.04. The second-order valence-corrected chi connectivity index (χ2v) is 7.53. The number of hydrogen-bond donors (Lipinski definition) is 0. The molecule has 0 aromatic carbocycles. The van der Waals surface area contributed by atoms with Gasteiger partial charge >= 0.3 is 5.97 Å². The minimum atomic E-state index is -0.459. The lowest BCUT2D eigenvalue weighted by atomic mass is 10.6. The first kappa shape index (κ1) is 38.4. The normalized spacial score (nSPS) is 11.0. The Kier molecular flexibility index (Phi) is 33.9. The summed E-state index contributed by atoms with van der Waals surface area (Å²) < 4.78 is 63.6. The Morgan fingerprint density at radius 1 is 0.375 bits per heavy atom. The molecule has 13 heteroatoms. The molecule has 0 aromatic heterocycles. The number of ether oxygens (including phenoxy) is 12. The summed E-state index contributed by atoms with van der Waals surface area (Å²) in [5, 5.41) is 0. The van der Waals surface area contributed by atoms with E-state index in [0.29, 0.717) is 139 Å². The second-order valence-electron chi connectivity index (χ2n) is 7.53. The van der Waals surface area contributed by atoms with E-state index in [1.807, 2.05) is 0 Å². The molecule has 0 N–H and O–H groups in total. The molecule has 0 aliphatic rings. The van der Waals surface area contributed by atoms with E-state index in [0.717, 1.165) is 6.08 Å². The molecule has 0 spiro atoms. The van der Waals surface area contributed by atoms with Gasteiger partial charge in [0.05, 0.1) is 138 Å². The number of carbonyl (C=O) groups is 1. The summed E-state index contributed by atoms with van der Waals surface area (Å²) in [5.41, 5.74) is 0. The van der Waals surface area contributed by atoms with Gasteiger partial charge in [0.1, 0.15) is 13.2 Å². The van der Waals surface area contributed by atoms with Gasteiger partial charge < -0.3 is 56.8 Å². The molecule has 0 amide bonds. The van der Waals surface area contributed by atoms with Crippen molar-refractivity contribution in [2.75, 3.05) is 145 Å².